The summed E-state index contributed by atoms with van der Waals surface area (Å²) in [6.45, 7) is 4.48. The molecule has 1 fully saturated rings. The second-order valence-corrected chi connectivity index (χ2v) is 9.25. The topological polar surface area (TPSA) is 73.1 Å². The van der Waals surface area contributed by atoms with Gasteiger partial charge in [0.2, 0.25) is 23.3 Å². The van der Waals surface area contributed by atoms with Crippen LogP contribution < -0.4 is 4.74 Å². The maximum absolute atomic E-state index is 15.5. The van der Waals surface area contributed by atoms with E-state index in [1.54, 1.807) is 9.58 Å². The highest BCUT2D eigenvalue weighted by molar-refractivity contribution is 7.15. The molecule has 7 nitrogen and oxygen atoms in total. The standard InChI is InChI=1S/C26H21F5N5O2P/c1-2-20(37)35-7-3-4-13(10-35)36-26-21(19(11-39)32-12-33-26)24(34-36)15-6-5-14(8-16(15)27)38-25-22(30)17(28)9-18(29)23(25)31/h2,5-6,8-9,12-13H,1,3-4,7,10-11,39H2. The van der Waals surface area contributed by atoms with Crippen LogP contribution in [-0.4, -0.2) is 43.6 Å². The molecule has 0 N–H and O–H groups in total. The minimum absolute atomic E-state index is 0.0156. The van der Waals surface area contributed by atoms with Crippen LogP contribution >= 0.6 is 9.24 Å². The van der Waals surface area contributed by atoms with Gasteiger partial charge in [0.25, 0.3) is 0 Å². The van der Waals surface area contributed by atoms with E-state index >= 15 is 4.39 Å². The van der Waals surface area contributed by atoms with Crippen molar-refractivity contribution in [3.63, 3.8) is 0 Å². The second-order valence-electron chi connectivity index (χ2n) is 8.84. The van der Waals surface area contributed by atoms with Crippen molar-refractivity contribution in [1.82, 2.24) is 24.6 Å². The first-order valence-electron chi connectivity index (χ1n) is 11.9. The van der Waals surface area contributed by atoms with E-state index < -0.39 is 40.6 Å². The number of piperidine rings is 1. The van der Waals surface area contributed by atoms with Gasteiger partial charge in [-0.3, -0.25) is 4.79 Å². The molecule has 0 aliphatic carbocycles. The van der Waals surface area contributed by atoms with Crippen molar-refractivity contribution in [2.75, 3.05) is 13.1 Å². The molecule has 0 bridgehead atoms. The number of hydrogen-bond donors (Lipinski definition) is 0. The highest BCUT2D eigenvalue weighted by Crippen LogP contribution is 2.37. The second kappa shape index (κ2) is 10.7. The molecule has 2 aromatic carbocycles. The van der Waals surface area contributed by atoms with Crippen LogP contribution in [0.5, 0.6) is 11.5 Å². The van der Waals surface area contributed by atoms with Gasteiger partial charge in [-0.05, 0) is 31.1 Å². The number of aromatic nitrogens is 4. The molecule has 3 heterocycles. The van der Waals surface area contributed by atoms with Crippen LogP contribution in [-0.2, 0) is 11.0 Å². The molecule has 1 amide bonds. The van der Waals surface area contributed by atoms with Crippen molar-refractivity contribution in [3.05, 3.63) is 78.0 Å². The predicted molar refractivity (Wildman–Crippen MR) is 136 cm³/mol. The molecule has 2 aromatic heterocycles. The van der Waals surface area contributed by atoms with E-state index in [9.17, 15) is 22.4 Å². The summed E-state index contributed by atoms with van der Waals surface area (Å²) in [4.78, 5) is 22.6. The number of carbonyl (C=O) groups excluding carboxylic acids is 1. The summed E-state index contributed by atoms with van der Waals surface area (Å²) < 4.78 is 77.3. The third-order valence-electron chi connectivity index (χ3n) is 6.48. The average Bonchev–Trinajstić information content (AvgIpc) is 3.33. The summed E-state index contributed by atoms with van der Waals surface area (Å²) in [6, 6.07) is 3.10. The van der Waals surface area contributed by atoms with Gasteiger partial charge in [-0.1, -0.05) is 6.58 Å². The number of benzene rings is 2. The van der Waals surface area contributed by atoms with Crippen molar-refractivity contribution in [1.29, 1.82) is 0 Å². The fourth-order valence-corrected chi connectivity index (χ4v) is 4.93. The van der Waals surface area contributed by atoms with Gasteiger partial charge in [0, 0.05) is 36.9 Å². The SMILES string of the molecule is C=CC(=O)N1CCCC(n2nc(-c3ccc(Oc4c(F)c(F)cc(F)c4F)cc3F)c3c(CP)ncnc32)C1. The van der Waals surface area contributed by atoms with Gasteiger partial charge in [0.1, 0.15) is 23.6 Å². The summed E-state index contributed by atoms with van der Waals surface area (Å²) in [6.07, 6.45) is 4.47. The third kappa shape index (κ3) is 4.85. The van der Waals surface area contributed by atoms with E-state index in [1.165, 1.54) is 24.5 Å². The Morgan fingerprint density at radius 2 is 1.85 bits per heavy atom. The summed E-state index contributed by atoms with van der Waals surface area (Å²) in [7, 11) is 2.55. The van der Waals surface area contributed by atoms with Crippen molar-refractivity contribution in [2.45, 2.75) is 25.0 Å². The maximum atomic E-state index is 15.5. The van der Waals surface area contributed by atoms with Crippen molar-refractivity contribution < 1.29 is 31.5 Å². The van der Waals surface area contributed by atoms with Crippen LogP contribution in [0.2, 0.25) is 0 Å². The number of rotatable bonds is 6. The van der Waals surface area contributed by atoms with Gasteiger partial charge in [0.05, 0.1) is 17.1 Å². The maximum Gasteiger partial charge on any atom is 0.246 e. The van der Waals surface area contributed by atoms with Crippen molar-refractivity contribution in [3.8, 4) is 22.8 Å². The Hall–Kier alpha value is -3.92. The Morgan fingerprint density at radius 3 is 2.51 bits per heavy atom. The Kier molecular flexibility index (Phi) is 7.31. The van der Waals surface area contributed by atoms with Crippen LogP contribution in [0.1, 0.15) is 24.6 Å². The molecule has 0 spiro atoms. The molecular weight excluding hydrogens is 540 g/mol. The van der Waals surface area contributed by atoms with E-state index in [2.05, 4.69) is 30.9 Å². The van der Waals surface area contributed by atoms with Crippen LogP contribution in [0.15, 0.2) is 43.2 Å². The normalized spacial score (nSPS) is 15.5. The lowest BCUT2D eigenvalue weighted by atomic mass is 10.1. The average molecular weight is 561 g/mol. The van der Waals surface area contributed by atoms with E-state index in [-0.39, 0.29) is 29.3 Å². The van der Waals surface area contributed by atoms with E-state index in [4.69, 9.17) is 4.74 Å². The zero-order valence-electron chi connectivity index (χ0n) is 20.3. The lowest BCUT2D eigenvalue weighted by molar-refractivity contribution is -0.127. The number of halogens is 5. The van der Waals surface area contributed by atoms with E-state index in [1.807, 2.05) is 0 Å². The fourth-order valence-electron chi connectivity index (χ4n) is 4.62. The van der Waals surface area contributed by atoms with Gasteiger partial charge >= 0.3 is 0 Å². The first-order chi connectivity index (χ1) is 18.7. The quantitative estimate of drug-likeness (QED) is 0.131. The van der Waals surface area contributed by atoms with Crippen molar-refractivity contribution in [2.24, 2.45) is 0 Å². The molecule has 1 saturated heterocycles. The molecule has 1 aliphatic rings. The number of carbonyl (C=O) groups is 1. The summed E-state index contributed by atoms with van der Waals surface area (Å²) in [5, 5.41) is 5.18. The number of ether oxygens (including phenoxy) is 1. The number of nitrogens with zero attached hydrogens (tertiary/aromatic N) is 5. The van der Waals surface area contributed by atoms with Gasteiger partial charge in [-0.25, -0.2) is 27.8 Å². The highest BCUT2D eigenvalue weighted by atomic mass is 31.0. The van der Waals surface area contributed by atoms with Crippen LogP contribution in [0, 0.1) is 29.1 Å². The molecule has 39 heavy (non-hydrogen) atoms. The van der Waals surface area contributed by atoms with Gasteiger partial charge in [-0.2, -0.15) is 13.9 Å². The molecule has 2 unspecified atom stereocenters. The van der Waals surface area contributed by atoms with E-state index in [0.717, 1.165) is 12.5 Å². The highest BCUT2D eigenvalue weighted by Gasteiger charge is 2.29. The van der Waals surface area contributed by atoms with Crippen LogP contribution in [0.3, 0.4) is 0 Å². The first-order valence-corrected chi connectivity index (χ1v) is 12.7. The monoisotopic (exact) mass is 561 g/mol. The molecule has 1 aliphatic heterocycles. The molecule has 4 aromatic rings. The lowest BCUT2D eigenvalue weighted by Gasteiger charge is -2.32. The van der Waals surface area contributed by atoms with Gasteiger partial charge < -0.3 is 9.64 Å². The van der Waals surface area contributed by atoms with Gasteiger partial charge in [0.15, 0.2) is 17.3 Å². The summed E-state index contributed by atoms with van der Waals surface area (Å²) in [5.74, 6) is -9.60. The van der Waals surface area contributed by atoms with Gasteiger partial charge in [-0.15, -0.1) is 9.24 Å². The zero-order valence-corrected chi connectivity index (χ0v) is 21.5. The summed E-state index contributed by atoms with van der Waals surface area (Å²) >= 11 is 0. The minimum Gasteiger partial charge on any atom is -0.451 e. The smallest absolute Gasteiger partial charge is 0.246 e. The van der Waals surface area contributed by atoms with Crippen molar-refractivity contribution >= 4 is 26.2 Å². The zero-order chi connectivity index (χ0) is 27.8. The molecule has 13 heteroatoms. The number of hydrogen-bond acceptors (Lipinski definition) is 5. The fraction of sp³-hybridized carbons (Fsp3) is 0.231. The molecular formula is C26H21F5N5O2P. The largest absolute Gasteiger partial charge is 0.451 e. The third-order valence-corrected chi connectivity index (χ3v) is 6.86. The molecule has 2 atom stereocenters. The number of fused-ring (bicyclic) bond motifs is 1. The predicted octanol–water partition coefficient (Wildman–Crippen LogP) is 5.71. The Balaban J connectivity index is 1.57. The molecule has 0 saturated carbocycles. The van der Waals surface area contributed by atoms with Crippen LogP contribution in [0.4, 0.5) is 22.0 Å². The number of likely N-dealkylation sites (tertiary alicyclic amines) is 1. The molecule has 0 radical (unpaired) electrons. The van der Waals surface area contributed by atoms with E-state index in [0.29, 0.717) is 42.4 Å². The Labute approximate surface area is 221 Å². The first kappa shape index (κ1) is 26.7. The number of amides is 1. The molecule has 5 rings (SSSR count). The van der Waals surface area contributed by atoms with Crippen LogP contribution in [0.25, 0.3) is 22.3 Å². The molecule has 202 valence electrons. The minimum atomic E-state index is -1.75. The summed E-state index contributed by atoms with van der Waals surface area (Å²) in [5.41, 5.74) is 1.27. The Morgan fingerprint density at radius 1 is 1.10 bits per heavy atom. The Bertz CT molecular complexity index is 1590. The lowest BCUT2D eigenvalue weighted by Crippen LogP contribution is -2.40.